The van der Waals surface area contributed by atoms with Gasteiger partial charge in [0.25, 0.3) is 5.91 Å². The topological polar surface area (TPSA) is 142 Å². The van der Waals surface area contributed by atoms with Crippen molar-refractivity contribution in [3.8, 4) is 6.07 Å². The molecule has 2 aromatic heterocycles. The zero-order valence-electron chi connectivity index (χ0n) is 15.6. The van der Waals surface area contributed by atoms with Crippen LogP contribution in [0.1, 0.15) is 44.4 Å². The molecule has 4 N–H and O–H groups in total. The molecule has 28 heavy (non-hydrogen) atoms. The average Bonchev–Trinajstić information content (AvgIpc) is 3.11. The van der Waals surface area contributed by atoms with Crippen LogP contribution in [0.2, 0.25) is 0 Å². The molecule has 0 aliphatic carbocycles. The van der Waals surface area contributed by atoms with Crippen molar-refractivity contribution < 1.29 is 9.21 Å². The Bertz CT molecular complexity index is 1140. The number of hydrogen-bond donors (Lipinski definition) is 3. The zero-order valence-corrected chi connectivity index (χ0v) is 15.6. The van der Waals surface area contributed by atoms with Gasteiger partial charge in [-0.15, -0.1) is 0 Å². The maximum Gasteiger partial charge on any atom is 0.274 e. The molecule has 0 atom stereocenters. The lowest BCUT2D eigenvalue weighted by molar-refractivity contribution is 0.102. The third-order valence-corrected chi connectivity index (χ3v) is 4.40. The number of anilines is 2. The van der Waals surface area contributed by atoms with Crippen LogP contribution >= 0.6 is 0 Å². The predicted octanol–water partition coefficient (Wildman–Crippen LogP) is 3.12. The summed E-state index contributed by atoms with van der Waals surface area (Å²) in [6.45, 7) is 5.25. The van der Waals surface area contributed by atoms with Gasteiger partial charge in [0.05, 0.1) is 11.8 Å². The third-order valence-electron chi connectivity index (χ3n) is 4.40. The van der Waals surface area contributed by atoms with E-state index in [1.807, 2.05) is 6.07 Å². The van der Waals surface area contributed by atoms with Crippen molar-refractivity contribution in [3.63, 3.8) is 0 Å². The van der Waals surface area contributed by atoms with Gasteiger partial charge in [-0.1, -0.05) is 0 Å². The lowest BCUT2D eigenvalue weighted by Crippen LogP contribution is -2.17. The maximum atomic E-state index is 12.7. The van der Waals surface area contributed by atoms with Crippen molar-refractivity contribution >= 4 is 23.0 Å². The number of aromatic nitrogens is 2. The second kappa shape index (κ2) is 7.32. The van der Waals surface area contributed by atoms with Crippen molar-refractivity contribution in [2.45, 2.75) is 20.8 Å². The summed E-state index contributed by atoms with van der Waals surface area (Å²) in [6.07, 6.45) is 2.90. The van der Waals surface area contributed by atoms with Crippen molar-refractivity contribution in [1.29, 1.82) is 10.7 Å². The highest BCUT2D eigenvalue weighted by Gasteiger charge is 2.17. The summed E-state index contributed by atoms with van der Waals surface area (Å²) < 4.78 is 5.38. The minimum Gasteiger partial charge on any atom is -0.440 e. The van der Waals surface area contributed by atoms with Crippen LogP contribution in [-0.4, -0.2) is 21.6 Å². The number of nitrogens with zero attached hydrogens (tertiary/aromatic N) is 3. The van der Waals surface area contributed by atoms with E-state index in [0.717, 1.165) is 0 Å². The van der Waals surface area contributed by atoms with Gasteiger partial charge in [0.1, 0.15) is 23.2 Å². The molecule has 0 unspecified atom stereocenters. The van der Waals surface area contributed by atoms with Crippen LogP contribution < -0.4 is 11.1 Å². The number of aryl methyl sites for hydroxylation is 1. The molecule has 3 aromatic rings. The Kier molecular flexibility index (Phi) is 4.92. The number of rotatable bonds is 4. The third kappa shape index (κ3) is 3.46. The van der Waals surface area contributed by atoms with Crippen LogP contribution in [-0.2, 0) is 0 Å². The number of amides is 1. The van der Waals surface area contributed by atoms with Crippen LogP contribution in [0.5, 0.6) is 0 Å². The molecule has 0 saturated carbocycles. The first-order chi connectivity index (χ1) is 13.3. The molecule has 0 fully saturated rings. The van der Waals surface area contributed by atoms with Gasteiger partial charge in [0.2, 0.25) is 5.89 Å². The van der Waals surface area contributed by atoms with E-state index in [1.165, 1.54) is 12.4 Å². The normalized spacial score (nSPS) is 10.4. The van der Waals surface area contributed by atoms with Gasteiger partial charge in [-0.2, -0.15) is 5.26 Å². The average molecular weight is 374 g/mol. The maximum absolute atomic E-state index is 12.7. The zero-order chi connectivity index (χ0) is 20.4. The predicted molar refractivity (Wildman–Crippen MR) is 104 cm³/mol. The quantitative estimate of drug-likeness (QED) is 0.473. The Balaban J connectivity index is 1.90. The molecule has 8 nitrogen and oxygen atoms in total. The van der Waals surface area contributed by atoms with Gasteiger partial charge in [0.15, 0.2) is 0 Å². The smallest absolute Gasteiger partial charge is 0.274 e. The number of pyridine rings is 1. The van der Waals surface area contributed by atoms with E-state index in [4.69, 9.17) is 20.8 Å². The fourth-order valence-electron chi connectivity index (χ4n) is 2.67. The summed E-state index contributed by atoms with van der Waals surface area (Å²) in [4.78, 5) is 20.8. The molecule has 1 aromatic carbocycles. The van der Waals surface area contributed by atoms with E-state index in [2.05, 4.69) is 15.3 Å². The molecule has 0 aliphatic rings. The number of nitriles is 1. The van der Waals surface area contributed by atoms with Gasteiger partial charge in [-0.05, 0) is 50.1 Å². The van der Waals surface area contributed by atoms with E-state index in [-0.39, 0.29) is 17.3 Å². The Morgan fingerprint density at radius 1 is 1.21 bits per heavy atom. The number of benzene rings is 1. The molecule has 140 valence electrons. The van der Waals surface area contributed by atoms with Crippen molar-refractivity contribution in [1.82, 2.24) is 9.97 Å². The largest absolute Gasteiger partial charge is 0.440 e. The molecule has 8 heteroatoms. The van der Waals surface area contributed by atoms with Crippen LogP contribution in [0.15, 0.2) is 35.0 Å². The molecule has 0 bridgehead atoms. The van der Waals surface area contributed by atoms with Crippen molar-refractivity contribution in [3.05, 3.63) is 70.2 Å². The summed E-state index contributed by atoms with van der Waals surface area (Å²) in [6, 6.07) is 6.87. The van der Waals surface area contributed by atoms with Crippen molar-refractivity contribution in [2.75, 3.05) is 11.1 Å². The minimum atomic E-state index is -0.417. The first-order valence-corrected chi connectivity index (χ1v) is 8.40. The number of oxazole rings is 1. The SMILES string of the molecule is Cc1cnc(C(=N)c2cc(NC(=O)c3ncc(C#N)c(C)c3C)ccc2N)o1. The molecule has 1 amide bonds. The van der Waals surface area contributed by atoms with Gasteiger partial charge in [-0.3, -0.25) is 10.2 Å². The highest BCUT2D eigenvalue weighted by molar-refractivity contribution is 6.12. The molecule has 3 rings (SSSR count). The second-order valence-electron chi connectivity index (χ2n) is 6.29. The summed E-state index contributed by atoms with van der Waals surface area (Å²) in [5, 5.41) is 20.1. The number of carbonyl (C=O) groups excluding carboxylic acids is 1. The Labute approximate surface area is 161 Å². The Morgan fingerprint density at radius 3 is 2.61 bits per heavy atom. The number of nitrogens with one attached hydrogen (secondary N) is 2. The molecular weight excluding hydrogens is 356 g/mol. The van der Waals surface area contributed by atoms with Gasteiger partial charge in [-0.25, -0.2) is 9.97 Å². The highest BCUT2D eigenvalue weighted by Crippen LogP contribution is 2.22. The molecule has 2 heterocycles. The Morgan fingerprint density at radius 2 is 1.96 bits per heavy atom. The number of carbonyl (C=O) groups is 1. The summed E-state index contributed by atoms with van der Waals surface area (Å²) >= 11 is 0. The number of hydrogen-bond acceptors (Lipinski definition) is 7. The first-order valence-electron chi connectivity index (χ1n) is 8.40. The van der Waals surface area contributed by atoms with Crippen LogP contribution in [0.25, 0.3) is 0 Å². The highest BCUT2D eigenvalue weighted by atomic mass is 16.4. The van der Waals surface area contributed by atoms with Gasteiger partial charge < -0.3 is 15.5 Å². The summed E-state index contributed by atoms with van der Waals surface area (Å²) in [5.74, 6) is 0.313. The lowest BCUT2D eigenvalue weighted by atomic mass is 10.0. The first kappa shape index (κ1) is 18.8. The fraction of sp³-hybridized carbons (Fsp3) is 0.150. The molecule has 0 spiro atoms. The van der Waals surface area contributed by atoms with E-state index in [0.29, 0.717) is 39.4 Å². The van der Waals surface area contributed by atoms with Gasteiger partial charge in [0, 0.05) is 23.1 Å². The Hall–Kier alpha value is -3.99. The summed E-state index contributed by atoms with van der Waals surface area (Å²) in [5.41, 5.74) is 9.21. The van der Waals surface area contributed by atoms with Crippen LogP contribution in [0, 0.1) is 37.5 Å². The van der Waals surface area contributed by atoms with Crippen LogP contribution in [0.4, 0.5) is 11.4 Å². The van der Waals surface area contributed by atoms with Crippen molar-refractivity contribution in [2.24, 2.45) is 0 Å². The van der Waals surface area contributed by atoms with E-state index in [1.54, 1.807) is 39.0 Å². The van der Waals surface area contributed by atoms with E-state index >= 15 is 0 Å². The standard InChI is InChI=1S/C20H18N6O2/c1-10-8-25-20(28-10)17(23)15-6-14(4-5-16(15)22)26-19(27)18-12(3)11(2)13(7-21)9-24-18/h4-6,8-9,23H,22H2,1-3H3,(H,26,27). The molecule has 0 aliphatic heterocycles. The summed E-state index contributed by atoms with van der Waals surface area (Å²) in [7, 11) is 0. The van der Waals surface area contributed by atoms with Gasteiger partial charge >= 0.3 is 0 Å². The van der Waals surface area contributed by atoms with E-state index in [9.17, 15) is 4.79 Å². The monoisotopic (exact) mass is 374 g/mol. The number of nitrogens with two attached hydrogens (primary N) is 1. The second-order valence-corrected chi connectivity index (χ2v) is 6.29. The minimum absolute atomic E-state index is 0.0187. The fourth-order valence-corrected chi connectivity index (χ4v) is 2.67. The number of nitrogen functional groups attached to an aromatic ring is 1. The molecular formula is C20H18N6O2. The van der Waals surface area contributed by atoms with Crippen LogP contribution in [0.3, 0.4) is 0 Å². The van der Waals surface area contributed by atoms with E-state index < -0.39 is 5.91 Å². The lowest BCUT2D eigenvalue weighted by Gasteiger charge is -2.12. The molecule has 0 radical (unpaired) electrons. The molecule has 0 saturated heterocycles.